The van der Waals surface area contributed by atoms with Gasteiger partial charge in [0.1, 0.15) is 6.10 Å². The number of azide groups is 1. The summed E-state index contributed by atoms with van der Waals surface area (Å²) >= 11 is 0. The summed E-state index contributed by atoms with van der Waals surface area (Å²) in [5.41, 5.74) is 7.99. The molecule has 0 aromatic carbocycles. The van der Waals surface area contributed by atoms with Gasteiger partial charge in [0.25, 0.3) is 0 Å². The SMILES string of the molecule is C[C@H]1CCCC[C@@H]1OC(=O)N=[N+]=[N-]. The van der Waals surface area contributed by atoms with Gasteiger partial charge in [0.05, 0.1) is 0 Å². The van der Waals surface area contributed by atoms with Gasteiger partial charge in [-0.2, -0.15) is 0 Å². The van der Waals surface area contributed by atoms with Crippen molar-refractivity contribution in [3.05, 3.63) is 10.4 Å². The minimum atomic E-state index is -0.804. The van der Waals surface area contributed by atoms with Crippen molar-refractivity contribution in [3.8, 4) is 0 Å². The quantitative estimate of drug-likeness (QED) is 0.356. The Morgan fingerprint density at radius 1 is 1.54 bits per heavy atom. The highest BCUT2D eigenvalue weighted by Gasteiger charge is 2.24. The zero-order valence-corrected chi connectivity index (χ0v) is 7.64. The Morgan fingerprint density at radius 3 is 2.85 bits per heavy atom. The Bertz CT molecular complexity index is 236. The van der Waals surface area contributed by atoms with E-state index in [-0.39, 0.29) is 6.10 Å². The summed E-state index contributed by atoms with van der Waals surface area (Å²) in [6.07, 6.45) is 3.37. The van der Waals surface area contributed by atoms with Crippen LogP contribution >= 0.6 is 0 Å². The fraction of sp³-hybridized carbons (Fsp3) is 0.875. The molecule has 1 aliphatic rings. The maximum absolute atomic E-state index is 10.8. The van der Waals surface area contributed by atoms with Crippen LogP contribution in [0.5, 0.6) is 0 Å². The monoisotopic (exact) mass is 183 g/mol. The van der Waals surface area contributed by atoms with Gasteiger partial charge >= 0.3 is 6.09 Å². The fourth-order valence-corrected chi connectivity index (χ4v) is 1.65. The van der Waals surface area contributed by atoms with E-state index in [0.29, 0.717) is 5.92 Å². The second-order valence-corrected chi connectivity index (χ2v) is 3.37. The topological polar surface area (TPSA) is 75.1 Å². The fourth-order valence-electron chi connectivity index (χ4n) is 1.65. The lowest BCUT2D eigenvalue weighted by molar-refractivity contribution is 0.0495. The van der Waals surface area contributed by atoms with Crippen LogP contribution in [0.1, 0.15) is 32.6 Å². The van der Waals surface area contributed by atoms with Crippen molar-refractivity contribution in [2.45, 2.75) is 38.7 Å². The smallest absolute Gasteiger partial charge is 0.397 e. The molecule has 13 heavy (non-hydrogen) atoms. The van der Waals surface area contributed by atoms with Crippen LogP contribution < -0.4 is 0 Å². The second kappa shape index (κ2) is 4.72. The van der Waals surface area contributed by atoms with Crippen LogP contribution in [0.25, 0.3) is 10.4 Å². The molecular weight excluding hydrogens is 170 g/mol. The molecule has 0 aromatic heterocycles. The third-order valence-electron chi connectivity index (χ3n) is 2.41. The first kappa shape index (κ1) is 9.86. The average Bonchev–Trinajstić information content (AvgIpc) is 2.09. The zero-order valence-electron chi connectivity index (χ0n) is 7.64. The number of hydrogen-bond donors (Lipinski definition) is 0. The molecule has 0 radical (unpaired) electrons. The van der Waals surface area contributed by atoms with E-state index in [0.717, 1.165) is 19.3 Å². The number of carbonyl (C=O) groups excluding carboxylic acids is 1. The van der Waals surface area contributed by atoms with Crippen LogP contribution in [0.4, 0.5) is 4.79 Å². The number of amides is 1. The van der Waals surface area contributed by atoms with Gasteiger partial charge in [-0.1, -0.05) is 13.3 Å². The van der Waals surface area contributed by atoms with Crippen LogP contribution in [-0.4, -0.2) is 12.2 Å². The van der Waals surface area contributed by atoms with Crippen molar-refractivity contribution in [2.75, 3.05) is 0 Å². The van der Waals surface area contributed by atoms with Gasteiger partial charge in [-0.05, 0) is 30.7 Å². The zero-order chi connectivity index (χ0) is 9.68. The molecule has 5 nitrogen and oxygen atoms in total. The van der Waals surface area contributed by atoms with Crippen molar-refractivity contribution < 1.29 is 9.53 Å². The Morgan fingerprint density at radius 2 is 2.23 bits per heavy atom. The van der Waals surface area contributed by atoms with Crippen molar-refractivity contribution in [3.63, 3.8) is 0 Å². The predicted octanol–water partition coefficient (Wildman–Crippen LogP) is 3.01. The molecule has 0 spiro atoms. The Balaban J connectivity index is 2.42. The number of ether oxygens (including phenoxy) is 1. The highest BCUT2D eigenvalue weighted by Crippen LogP contribution is 2.26. The summed E-state index contributed by atoms with van der Waals surface area (Å²) in [7, 11) is 0. The summed E-state index contributed by atoms with van der Waals surface area (Å²) in [5, 5.41) is 2.87. The first-order valence-corrected chi connectivity index (χ1v) is 4.49. The van der Waals surface area contributed by atoms with Gasteiger partial charge in [0, 0.05) is 10.0 Å². The molecule has 0 unspecified atom stereocenters. The number of rotatable bonds is 1. The van der Waals surface area contributed by atoms with Crippen molar-refractivity contribution in [1.29, 1.82) is 0 Å². The highest BCUT2D eigenvalue weighted by atomic mass is 16.6. The minimum Gasteiger partial charge on any atom is -0.457 e. The van der Waals surface area contributed by atoms with E-state index in [2.05, 4.69) is 10.0 Å². The Kier molecular flexibility index (Phi) is 3.58. The normalized spacial score (nSPS) is 27.5. The lowest BCUT2D eigenvalue weighted by Crippen LogP contribution is -2.26. The number of hydrogen-bond acceptors (Lipinski definition) is 2. The molecule has 2 atom stereocenters. The lowest BCUT2D eigenvalue weighted by Gasteiger charge is -2.27. The van der Waals surface area contributed by atoms with Crippen molar-refractivity contribution in [1.82, 2.24) is 0 Å². The third kappa shape index (κ3) is 2.95. The van der Waals surface area contributed by atoms with E-state index in [1.807, 2.05) is 6.92 Å². The van der Waals surface area contributed by atoms with Gasteiger partial charge in [-0.25, -0.2) is 4.79 Å². The number of carbonyl (C=O) groups is 1. The van der Waals surface area contributed by atoms with Gasteiger partial charge in [0.2, 0.25) is 0 Å². The average molecular weight is 183 g/mol. The maximum atomic E-state index is 10.8. The maximum Gasteiger partial charge on any atom is 0.397 e. The van der Waals surface area contributed by atoms with Crippen molar-refractivity contribution >= 4 is 6.09 Å². The Hall–Kier alpha value is -1.22. The van der Waals surface area contributed by atoms with Crippen LogP contribution in [0.15, 0.2) is 5.11 Å². The molecule has 1 aliphatic carbocycles. The summed E-state index contributed by atoms with van der Waals surface area (Å²) in [5.74, 6) is 0.381. The van der Waals surface area contributed by atoms with E-state index in [1.54, 1.807) is 0 Å². The standard InChI is InChI=1S/C8H13N3O2/c1-6-4-2-3-5-7(6)13-8(12)10-11-9/h6-7H,2-5H2,1H3/t6-,7-/m0/s1. The molecule has 5 heteroatoms. The molecule has 0 N–H and O–H groups in total. The highest BCUT2D eigenvalue weighted by molar-refractivity contribution is 5.68. The predicted molar refractivity (Wildman–Crippen MR) is 47.0 cm³/mol. The summed E-state index contributed by atoms with van der Waals surface area (Å²) in [6, 6.07) is 0. The first-order valence-electron chi connectivity index (χ1n) is 4.49. The molecule has 0 aliphatic heterocycles. The van der Waals surface area contributed by atoms with Crippen LogP contribution in [0.2, 0.25) is 0 Å². The van der Waals surface area contributed by atoms with Crippen LogP contribution in [0, 0.1) is 5.92 Å². The summed E-state index contributed by atoms with van der Waals surface area (Å²) in [6.45, 7) is 2.05. The van der Waals surface area contributed by atoms with Gasteiger partial charge in [0.15, 0.2) is 0 Å². The Labute approximate surface area is 76.7 Å². The van der Waals surface area contributed by atoms with Gasteiger partial charge in [-0.3, -0.25) is 0 Å². The first-order chi connectivity index (χ1) is 6.24. The van der Waals surface area contributed by atoms with Gasteiger partial charge < -0.3 is 4.74 Å². The summed E-state index contributed by atoms with van der Waals surface area (Å²) < 4.78 is 4.98. The molecule has 1 saturated carbocycles. The molecular formula is C8H13N3O2. The van der Waals surface area contributed by atoms with E-state index in [1.165, 1.54) is 6.42 Å². The second-order valence-electron chi connectivity index (χ2n) is 3.37. The van der Waals surface area contributed by atoms with Crippen molar-refractivity contribution in [2.24, 2.45) is 11.0 Å². The summed E-state index contributed by atoms with van der Waals surface area (Å²) in [4.78, 5) is 13.2. The van der Waals surface area contributed by atoms with E-state index in [4.69, 9.17) is 10.3 Å². The molecule has 72 valence electrons. The molecule has 0 aromatic rings. The van der Waals surface area contributed by atoms with Gasteiger partial charge in [-0.15, -0.1) is 0 Å². The molecule has 0 bridgehead atoms. The molecule has 0 saturated heterocycles. The largest absolute Gasteiger partial charge is 0.457 e. The molecule has 0 heterocycles. The van der Waals surface area contributed by atoms with E-state index >= 15 is 0 Å². The third-order valence-corrected chi connectivity index (χ3v) is 2.41. The molecule has 1 rings (SSSR count). The lowest BCUT2D eigenvalue weighted by atomic mass is 9.88. The van der Waals surface area contributed by atoms with E-state index in [9.17, 15) is 4.79 Å². The number of nitrogens with zero attached hydrogens (tertiary/aromatic N) is 3. The molecule has 1 fully saturated rings. The van der Waals surface area contributed by atoms with E-state index < -0.39 is 6.09 Å². The van der Waals surface area contributed by atoms with Crippen LogP contribution in [0.3, 0.4) is 0 Å². The minimum absolute atomic E-state index is 0.0632. The molecule has 1 amide bonds. The van der Waals surface area contributed by atoms with Crippen LogP contribution in [-0.2, 0) is 4.74 Å².